The molecule has 0 saturated heterocycles. The van der Waals surface area contributed by atoms with E-state index in [-0.39, 0.29) is 0 Å². The Balaban J connectivity index is 2.31. The molecule has 0 bridgehead atoms. The number of aromatic nitrogens is 2. The molecular weight excluding hydrogens is 262 g/mol. The number of rotatable bonds is 6. The molecule has 4 nitrogen and oxygen atoms in total. The molecule has 0 aliphatic carbocycles. The molecule has 0 amide bonds. The number of nitrogens with zero attached hydrogens (tertiary/aromatic N) is 2. The molecule has 1 aromatic carbocycles. The minimum atomic E-state index is 0.338. The molecule has 0 saturated carbocycles. The quantitative estimate of drug-likeness (QED) is 0.886. The lowest BCUT2D eigenvalue weighted by atomic mass is 10.0. The van der Waals surface area contributed by atoms with Gasteiger partial charge in [0, 0.05) is 17.3 Å². The SMILES string of the molecule is CCNC(C)c1ccc(OC)c(Cn2cnc(C)c2C)c1. The molecular formula is C17H25N3O. The first-order valence-electron chi connectivity index (χ1n) is 7.45. The van der Waals surface area contributed by atoms with Gasteiger partial charge in [-0.3, -0.25) is 0 Å². The van der Waals surface area contributed by atoms with Crippen molar-refractivity contribution in [3.63, 3.8) is 0 Å². The number of ether oxygens (including phenoxy) is 1. The largest absolute Gasteiger partial charge is 0.496 e. The van der Waals surface area contributed by atoms with E-state index in [2.05, 4.69) is 53.8 Å². The normalized spacial score (nSPS) is 12.4. The smallest absolute Gasteiger partial charge is 0.123 e. The van der Waals surface area contributed by atoms with Crippen LogP contribution in [0.15, 0.2) is 24.5 Å². The highest BCUT2D eigenvalue weighted by Gasteiger charge is 2.11. The highest BCUT2D eigenvalue weighted by Crippen LogP contribution is 2.25. The number of methoxy groups -OCH3 is 1. The maximum absolute atomic E-state index is 5.50. The van der Waals surface area contributed by atoms with E-state index in [1.165, 1.54) is 16.8 Å². The van der Waals surface area contributed by atoms with E-state index < -0.39 is 0 Å². The Kier molecular flexibility index (Phi) is 5.02. The van der Waals surface area contributed by atoms with E-state index in [1.807, 2.05) is 13.3 Å². The van der Waals surface area contributed by atoms with Gasteiger partial charge in [-0.2, -0.15) is 0 Å². The Hall–Kier alpha value is -1.81. The van der Waals surface area contributed by atoms with E-state index in [0.717, 1.165) is 24.5 Å². The van der Waals surface area contributed by atoms with Gasteiger partial charge in [-0.25, -0.2) is 4.98 Å². The zero-order chi connectivity index (χ0) is 15.4. The number of benzene rings is 1. The van der Waals surface area contributed by atoms with E-state index in [9.17, 15) is 0 Å². The fourth-order valence-corrected chi connectivity index (χ4v) is 2.50. The average molecular weight is 287 g/mol. The van der Waals surface area contributed by atoms with Crippen LogP contribution in [0, 0.1) is 13.8 Å². The fourth-order valence-electron chi connectivity index (χ4n) is 2.50. The monoisotopic (exact) mass is 287 g/mol. The molecule has 0 aliphatic heterocycles. The summed E-state index contributed by atoms with van der Waals surface area (Å²) in [6, 6.07) is 6.74. The Morgan fingerprint density at radius 3 is 2.67 bits per heavy atom. The first-order chi connectivity index (χ1) is 10.1. The van der Waals surface area contributed by atoms with Crippen molar-refractivity contribution in [3.05, 3.63) is 47.0 Å². The van der Waals surface area contributed by atoms with Crippen molar-refractivity contribution in [1.29, 1.82) is 0 Å². The molecule has 2 rings (SSSR count). The van der Waals surface area contributed by atoms with Crippen LogP contribution in [0.25, 0.3) is 0 Å². The summed E-state index contributed by atoms with van der Waals surface area (Å²) in [5.41, 5.74) is 4.73. The van der Waals surface area contributed by atoms with E-state index >= 15 is 0 Å². The van der Waals surface area contributed by atoms with Crippen LogP contribution < -0.4 is 10.1 Å². The van der Waals surface area contributed by atoms with Crippen molar-refractivity contribution in [1.82, 2.24) is 14.9 Å². The first kappa shape index (κ1) is 15.6. The van der Waals surface area contributed by atoms with Crippen LogP contribution in [0.5, 0.6) is 5.75 Å². The molecule has 1 unspecified atom stereocenters. The lowest BCUT2D eigenvalue weighted by molar-refractivity contribution is 0.407. The number of hydrogen-bond acceptors (Lipinski definition) is 3. The molecule has 21 heavy (non-hydrogen) atoms. The molecule has 1 aromatic heterocycles. The molecule has 0 aliphatic rings. The Morgan fingerprint density at radius 1 is 1.33 bits per heavy atom. The van der Waals surface area contributed by atoms with Gasteiger partial charge in [-0.1, -0.05) is 13.0 Å². The van der Waals surface area contributed by atoms with Crippen LogP contribution in [0.3, 0.4) is 0 Å². The Morgan fingerprint density at radius 2 is 2.10 bits per heavy atom. The Bertz CT molecular complexity index is 604. The van der Waals surface area contributed by atoms with Crippen LogP contribution in [0.4, 0.5) is 0 Å². The Labute approximate surface area is 127 Å². The molecule has 114 valence electrons. The van der Waals surface area contributed by atoms with Crippen LogP contribution in [-0.4, -0.2) is 23.2 Å². The molecule has 2 aromatic rings. The summed E-state index contributed by atoms with van der Waals surface area (Å²) in [7, 11) is 1.72. The highest BCUT2D eigenvalue weighted by molar-refractivity contribution is 5.39. The van der Waals surface area contributed by atoms with Gasteiger partial charge < -0.3 is 14.6 Å². The second-order valence-corrected chi connectivity index (χ2v) is 5.39. The van der Waals surface area contributed by atoms with E-state index in [4.69, 9.17) is 4.74 Å². The topological polar surface area (TPSA) is 39.1 Å². The van der Waals surface area contributed by atoms with Crippen LogP contribution in [0.1, 0.15) is 42.4 Å². The standard InChI is InChI=1S/C17H25N3O/c1-6-18-13(3)15-7-8-17(21-5)16(9-15)10-20-11-19-12(2)14(20)4/h7-9,11,13,18H,6,10H2,1-5H3. The third-order valence-corrected chi connectivity index (χ3v) is 4.00. The predicted octanol–water partition coefficient (Wildman–Crippen LogP) is 3.23. The maximum atomic E-state index is 5.50. The average Bonchev–Trinajstić information content (AvgIpc) is 2.79. The molecule has 1 N–H and O–H groups in total. The molecule has 0 radical (unpaired) electrons. The summed E-state index contributed by atoms with van der Waals surface area (Å²) >= 11 is 0. The van der Waals surface area contributed by atoms with Gasteiger partial charge in [-0.05, 0) is 45.0 Å². The zero-order valence-corrected chi connectivity index (χ0v) is 13.6. The van der Waals surface area contributed by atoms with E-state index in [0.29, 0.717) is 6.04 Å². The molecule has 0 fully saturated rings. The third kappa shape index (κ3) is 3.45. The number of nitrogens with one attached hydrogen (secondary N) is 1. The van der Waals surface area contributed by atoms with Gasteiger partial charge in [-0.15, -0.1) is 0 Å². The van der Waals surface area contributed by atoms with Crippen molar-refractivity contribution in [2.75, 3.05) is 13.7 Å². The lowest BCUT2D eigenvalue weighted by Crippen LogP contribution is -2.18. The first-order valence-corrected chi connectivity index (χ1v) is 7.45. The minimum absolute atomic E-state index is 0.338. The summed E-state index contributed by atoms with van der Waals surface area (Å²) in [5, 5.41) is 3.45. The summed E-state index contributed by atoms with van der Waals surface area (Å²) < 4.78 is 7.67. The summed E-state index contributed by atoms with van der Waals surface area (Å²) in [6.07, 6.45) is 1.89. The lowest BCUT2D eigenvalue weighted by Gasteiger charge is -2.17. The maximum Gasteiger partial charge on any atom is 0.123 e. The number of imidazole rings is 1. The number of aryl methyl sites for hydroxylation is 1. The second kappa shape index (κ2) is 6.76. The second-order valence-electron chi connectivity index (χ2n) is 5.39. The molecule has 4 heteroatoms. The van der Waals surface area contributed by atoms with Crippen molar-refractivity contribution in [2.45, 2.75) is 40.3 Å². The van der Waals surface area contributed by atoms with Crippen molar-refractivity contribution in [3.8, 4) is 5.75 Å². The minimum Gasteiger partial charge on any atom is -0.496 e. The predicted molar refractivity (Wildman–Crippen MR) is 85.9 cm³/mol. The third-order valence-electron chi connectivity index (χ3n) is 4.00. The van der Waals surface area contributed by atoms with Crippen LogP contribution in [0.2, 0.25) is 0 Å². The van der Waals surface area contributed by atoms with Gasteiger partial charge in [0.2, 0.25) is 0 Å². The van der Waals surface area contributed by atoms with Crippen LogP contribution in [-0.2, 0) is 6.54 Å². The van der Waals surface area contributed by atoms with Crippen molar-refractivity contribution in [2.24, 2.45) is 0 Å². The van der Waals surface area contributed by atoms with Gasteiger partial charge in [0.05, 0.1) is 25.7 Å². The highest BCUT2D eigenvalue weighted by atomic mass is 16.5. The molecule has 0 spiro atoms. The molecule has 1 heterocycles. The van der Waals surface area contributed by atoms with Crippen molar-refractivity contribution >= 4 is 0 Å². The van der Waals surface area contributed by atoms with Crippen LogP contribution >= 0.6 is 0 Å². The fraction of sp³-hybridized carbons (Fsp3) is 0.471. The van der Waals surface area contributed by atoms with Gasteiger partial charge in [0.15, 0.2) is 0 Å². The summed E-state index contributed by atoms with van der Waals surface area (Å²) in [6.45, 7) is 10.2. The van der Waals surface area contributed by atoms with E-state index in [1.54, 1.807) is 7.11 Å². The van der Waals surface area contributed by atoms with Crippen molar-refractivity contribution < 1.29 is 4.74 Å². The summed E-state index contributed by atoms with van der Waals surface area (Å²) in [5.74, 6) is 0.924. The van der Waals surface area contributed by atoms with Gasteiger partial charge in [0.25, 0.3) is 0 Å². The van der Waals surface area contributed by atoms with Gasteiger partial charge in [0.1, 0.15) is 5.75 Å². The van der Waals surface area contributed by atoms with Gasteiger partial charge >= 0.3 is 0 Å². The summed E-state index contributed by atoms with van der Waals surface area (Å²) in [4.78, 5) is 4.36. The number of hydrogen-bond donors (Lipinski definition) is 1. The molecule has 1 atom stereocenters. The zero-order valence-electron chi connectivity index (χ0n) is 13.6.